The van der Waals surface area contributed by atoms with Gasteiger partial charge in [0.2, 0.25) is 0 Å². The quantitative estimate of drug-likeness (QED) is 0.377. The van der Waals surface area contributed by atoms with E-state index in [4.69, 9.17) is 0 Å². The van der Waals surface area contributed by atoms with E-state index in [9.17, 15) is 39.2 Å². The molecule has 1 aliphatic rings. The first-order chi connectivity index (χ1) is 13.8. The van der Waals surface area contributed by atoms with Gasteiger partial charge in [0.05, 0.1) is 5.69 Å². The Kier molecular flexibility index (Phi) is 4.16. The van der Waals surface area contributed by atoms with E-state index in [1.165, 1.54) is 36.4 Å². The Bertz CT molecular complexity index is 1260. The summed E-state index contributed by atoms with van der Waals surface area (Å²) in [6, 6.07) is 6.26. The minimum absolute atomic E-state index is 0.0354. The van der Waals surface area contributed by atoms with E-state index in [-0.39, 0.29) is 21.9 Å². The van der Waals surface area contributed by atoms with Gasteiger partial charge in [0.25, 0.3) is 0 Å². The van der Waals surface area contributed by atoms with Crippen molar-refractivity contribution < 1.29 is 39.2 Å². The third kappa shape index (κ3) is 2.47. The molecule has 30 heavy (non-hydrogen) atoms. The van der Waals surface area contributed by atoms with E-state index in [1.807, 2.05) is 0 Å². The van der Waals surface area contributed by atoms with Crippen molar-refractivity contribution >= 4 is 26.5 Å². The number of anilines is 1. The summed E-state index contributed by atoms with van der Waals surface area (Å²) in [5.74, 6) is -6.79. The molecule has 3 aromatic carbocycles. The van der Waals surface area contributed by atoms with Crippen LogP contribution in [0.5, 0.6) is 0 Å². The average molecular weight is 449 g/mol. The van der Waals surface area contributed by atoms with Gasteiger partial charge >= 0.3 is 27.2 Å². The molecule has 0 bridgehead atoms. The summed E-state index contributed by atoms with van der Waals surface area (Å²) in [5, 5.41) is -6.17. The molecule has 11 heteroatoms. The van der Waals surface area contributed by atoms with Crippen molar-refractivity contribution in [1.29, 1.82) is 0 Å². The molecule has 0 N–H and O–H groups in total. The maximum atomic E-state index is 14.4. The Balaban J connectivity index is 2.06. The van der Waals surface area contributed by atoms with Gasteiger partial charge in [0.1, 0.15) is 5.82 Å². The molecule has 1 fully saturated rings. The Morgan fingerprint density at radius 1 is 0.767 bits per heavy atom. The molecule has 0 radical (unpaired) electrons. The van der Waals surface area contributed by atoms with E-state index in [0.29, 0.717) is 0 Å². The number of rotatable bonds is 2. The third-order valence-electron chi connectivity index (χ3n) is 4.80. The molecule has 0 unspecified atom stereocenters. The molecule has 0 atom stereocenters. The van der Waals surface area contributed by atoms with Crippen molar-refractivity contribution in [3.8, 4) is 11.1 Å². The Hall–Kier alpha value is -2.82. The van der Waals surface area contributed by atoms with Crippen LogP contribution in [0.1, 0.15) is 0 Å². The van der Waals surface area contributed by atoms with Crippen molar-refractivity contribution in [1.82, 2.24) is 0 Å². The van der Waals surface area contributed by atoms with Crippen LogP contribution < -0.4 is 4.31 Å². The van der Waals surface area contributed by atoms with E-state index in [0.717, 1.165) is 24.3 Å². The molecule has 0 amide bonds. The summed E-state index contributed by atoms with van der Waals surface area (Å²) in [4.78, 5) is 0. The lowest BCUT2D eigenvalue weighted by atomic mass is 9.99. The first-order valence-electron chi connectivity index (χ1n) is 8.29. The summed E-state index contributed by atoms with van der Waals surface area (Å²) in [6.45, 7) is 0. The van der Waals surface area contributed by atoms with E-state index in [2.05, 4.69) is 0 Å². The van der Waals surface area contributed by atoms with Crippen LogP contribution in [0.25, 0.3) is 21.9 Å². The Labute approximate surface area is 165 Å². The van der Waals surface area contributed by atoms with Crippen molar-refractivity contribution in [2.75, 3.05) is 4.31 Å². The van der Waals surface area contributed by atoms with Gasteiger partial charge in [-0.1, -0.05) is 36.4 Å². The minimum atomic E-state index is -6.49. The predicted octanol–water partition coefficient (Wildman–Crippen LogP) is 5.62. The van der Waals surface area contributed by atoms with E-state index >= 15 is 0 Å². The molecule has 3 nitrogen and oxygen atoms in total. The van der Waals surface area contributed by atoms with Gasteiger partial charge < -0.3 is 0 Å². The maximum absolute atomic E-state index is 14.4. The SMILES string of the molecule is O=S1(=O)N(c2cc(-c3ccc(F)cc3)cc3ccccc23)C(F)(F)C(F)(F)C1(F)F. The lowest BCUT2D eigenvalue weighted by Crippen LogP contribution is -2.50. The second-order valence-electron chi connectivity index (χ2n) is 6.63. The molecule has 1 saturated heterocycles. The fourth-order valence-corrected chi connectivity index (χ4v) is 4.78. The summed E-state index contributed by atoms with van der Waals surface area (Å²) in [5.41, 5.74) is -0.788. The van der Waals surface area contributed by atoms with Crippen molar-refractivity contribution in [3.63, 3.8) is 0 Å². The van der Waals surface area contributed by atoms with Gasteiger partial charge in [-0.25, -0.2) is 4.39 Å². The monoisotopic (exact) mass is 449 g/mol. The van der Waals surface area contributed by atoms with Gasteiger partial charge in [-0.05, 0) is 40.8 Å². The number of nitrogens with zero attached hydrogens (tertiary/aromatic N) is 1. The standard InChI is InChI=1S/C19H10F7NO2S/c20-14-7-5-11(6-8-14)13-9-12-3-1-2-4-15(12)16(10-13)27-18(23,24)17(21,22)19(25,26)30(27,28)29/h1-10H. The topological polar surface area (TPSA) is 37.4 Å². The normalized spacial score (nSPS) is 21.1. The number of halogens is 7. The Morgan fingerprint density at radius 2 is 1.37 bits per heavy atom. The summed E-state index contributed by atoms with van der Waals surface area (Å²) in [6.07, 6.45) is 0. The van der Waals surface area contributed by atoms with Crippen LogP contribution in [0.3, 0.4) is 0 Å². The largest absolute Gasteiger partial charge is 0.434 e. The molecule has 158 valence electrons. The first-order valence-corrected chi connectivity index (χ1v) is 9.73. The van der Waals surface area contributed by atoms with Crippen LogP contribution in [-0.2, 0) is 10.0 Å². The maximum Gasteiger partial charge on any atom is 0.434 e. The van der Waals surface area contributed by atoms with Crippen LogP contribution >= 0.6 is 0 Å². The highest BCUT2D eigenvalue weighted by atomic mass is 32.2. The van der Waals surface area contributed by atoms with Gasteiger partial charge in [0.15, 0.2) is 0 Å². The van der Waals surface area contributed by atoms with Crippen LogP contribution in [0, 0.1) is 5.82 Å². The first kappa shape index (κ1) is 20.5. The number of sulfonamides is 1. The van der Waals surface area contributed by atoms with Crippen LogP contribution in [0.2, 0.25) is 0 Å². The summed E-state index contributed by atoms with van der Waals surface area (Å²) >= 11 is 0. The van der Waals surface area contributed by atoms with Gasteiger partial charge in [-0.3, -0.25) is 0 Å². The number of alkyl halides is 6. The van der Waals surface area contributed by atoms with Gasteiger partial charge in [-0.2, -0.15) is 39.1 Å². The number of hydrogen-bond acceptors (Lipinski definition) is 2. The average Bonchev–Trinajstić information content (AvgIpc) is 2.74. The zero-order valence-electron chi connectivity index (χ0n) is 14.6. The van der Waals surface area contributed by atoms with Gasteiger partial charge in [0, 0.05) is 5.39 Å². The van der Waals surface area contributed by atoms with E-state index < -0.39 is 43.1 Å². The number of benzene rings is 3. The number of hydrogen-bond donors (Lipinski definition) is 0. The smallest absolute Gasteiger partial charge is 0.207 e. The van der Waals surface area contributed by atoms with Crippen molar-refractivity contribution in [3.05, 3.63) is 66.5 Å². The van der Waals surface area contributed by atoms with Crippen molar-refractivity contribution in [2.24, 2.45) is 0 Å². The highest BCUT2D eigenvalue weighted by Crippen LogP contribution is 2.60. The fraction of sp³-hybridized carbons (Fsp3) is 0.158. The predicted molar refractivity (Wildman–Crippen MR) is 95.6 cm³/mol. The van der Waals surface area contributed by atoms with Crippen molar-refractivity contribution in [2.45, 2.75) is 17.2 Å². The molecule has 3 aromatic rings. The highest BCUT2D eigenvalue weighted by molar-refractivity contribution is 7.94. The second-order valence-corrected chi connectivity index (χ2v) is 8.45. The second kappa shape index (κ2) is 6.10. The zero-order valence-corrected chi connectivity index (χ0v) is 15.4. The highest BCUT2D eigenvalue weighted by Gasteiger charge is 2.89. The molecule has 1 heterocycles. The molecule has 0 saturated carbocycles. The summed E-state index contributed by atoms with van der Waals surface area (Å²) in [7, 11) is -6.49. The van der Waals surface area contributed by atoms with Crippen LogP contribution in [0.15, 0.2) is 60.7 Å². The number of fused-ring (bicyclic) bond motifs is 1. The molecular weight excluding hydrogens is 439 g/mol. The molecule has 4 rings (SSSR count). The molecule has 0 aromatic heterocycles. The van der Waals surface area contributed by atoms with Crippen LogP contribution in [-0.4, -0.2) is 25.6 Å². The summed E-state index contributed by atoms with van der Waals surface area (Å²) < 4.78 is 121. The third-order valence-corrected chi connectivity index (χ3v) is 6.61. The zero-order chi connectivity index (χ0) is 22.1. The molecule has 0 spiro atoms. The fourth-order valence-electron chi connectivity index (χ4n) is 3.28. The molecule has 0 aliphatic carbocycles. The van der Waals surface area contributed by atoms with Gasteiger partial charge in [-0.15, -0.1) is 0 Å². The van der Waals surface area contributed by atoms with Crippen LogP contribution in [0.4, 0.5) is 36.4 Å². The Morgan fingerprint density at radius 3 is 1.93 bits per heavy atom. The van der Waals surface area contributed by atoms with E-state index in [1.54, 1.807) is 0 Å². The lowest BCUT2D eigenvalue weighted by Gasteiger charge is -2.26. The molecular formula is C19H10F7NO2S. The lowest BCUT2D eigenvalue weighted by molar-refractivity contribution is -0.258. The molecule has 1 aliphatic heterocycles. The minimum Gasteiger partial charge on any atom is -0.207 e.